The average Bonchev–Trinajstić information content (AvgIpc) is 3.02. The molecule has 0 bridgehead atoms. The molecule has 1 aliphatic carbocycles. The van der Waals surface area contributed by atoms with E-state index in [2.05, 4.69) is 0 Å². The summed E-state index contributed by atoms with van der Waals surface area (Å²) in [6.45, 7) is 1.92. The summed E-state index contributed by atoms with van der Waals surface area (Å²) >= 11 is 0. The van der Waals surface area contributed by atoms with Gasteiger partial charge in [0.05, 0.1) is 0 Å². The number of hydrogen-bond acceptors (Lipinski definition) is 2. The van der Waals surface area contributed by atoms with Crippen LogP contribution in [-0.2, 0) is 5.41 Å². The molecule has 4 heteroatoms. The van der Waals surface area contributed by atoms with Gasteiger partial charge in [-0.05, 0) is 31.4 Å². The monoisotopic (exact) mass is 240 g/mol. The highest BCUT2D eigenvalue weighted by Crippen LogP contribution is 2.53. The van der Waals surface area contributed by atoms with Crippen LogP contribution in [-0.4, -0.2) is 20.1 Å². The number of nitrogens with zero attached hydrogens (tertiary/aromatic N) is 1. The fourth-order valence-electron chi connectivity index (χ4n) is 2.41. The number of hydrogen-bond donors (Lipinski definition) is 1. The summed E-state index contributed by atoms with van der Waals surface area (Å²) in [7, 11) is 3.65. The Morgan fingerprint density at radius 3 is 2.18 bits per heavy atom. The summed E-state index contributed by atoms with van der Waals surface area (Å²) in [6, 6.07) is 2.51. The Hall–Kier alpha value is -1.16. The molecule has 1 unspecified atom stereocenters. The molecule has 1 fully saturated rings. The van der Waals surface area contributed by atoms with Gasteiger partial charge >= 0.3 is 0 Å². The summed E-state index contributed by atoms with van der Waals surface area (Å²) in [5.74, 6) is -1.60. The lowest BCUT2D eigenvalue weighted by Crippen LogP contribution is -2.33. The number of halogens is 2. The maximum atomic E-state index is 13.4. The molecule has 1 atom stereocenters. The third kappa shape index (κ3) is 1.90. The average molecular weight is 240 g/mol. The SMILES string of the molecule is CC(N)C1(c2cc(F)c(F)cc2N(C)C)CC1. The minimum absolute atomic E-state index is 0.0499. The standard InChI is InChI=1S/C13H18F2N2/c1-8(16)13(4-5-13)9-6-10(14)11(15)7-12(9)17(2)3/h6-8H,4-5,16H2,1-3H3. The van der Waals surface area contributed by atoms with Crippen LogP contribution in [0, 0.1) is 11.6 Å². The summed E-state index contributed by atoms with van der Waals surface area (Å²) in [5.41, 5.74) is 7.37. The van der Waals surface area contributed by atoms with Crippen LogP contribution in [0.4, 0.5) is 14.5 Å². The second-order valence-corrected chi connectivity index (χ2v) is 5.12. The third-order valence-electron chi connectivity index (χ3n) is 3.72. The third-order valence-corrected chi connectivity index (χ3v) is 3.72. The summed E-state index contributed by atoms with van der Waals surface area (Å²) < 4.78 is 26.7. The van der Waals surface area contributed by atoms with E-state index in [-0.39, 0.29) is 11.5 Å². The maximum absolute atomic E-state index is 13.4. The van der Waals surface area contributed by atoms with E-state index in [1.54, 1.807) is 4.90 Å². The lowest BCUT2D eigenvalue weighted by molar-refractivity contribution is 0.497. The van der Waals surface area contributed by atoms with Crippen LogP contribution in [0.2, 0.25) is 0 Å². The van der Waals surface area contributed by atoms with E-state index in [0.29, 0.717) is 0 Å². The van der Waals surface area contributed by atoms with Crippen LogP contribution in [0.25, 0.3) is 0 Å². The van der Waals surface area contributed by atoms with Crippen molar-refractivity contribution in [2.45, 2.75) is 31.2 Å². The van der Waals surface area contributed by atoms with Crippen LogP contribution in [0.1, 0.15) is 25.3 Å². The molecule has 1 aromatic carbocycles. The van der Waals surface area contributed by atoms with E-state index in [1.165, 1.54) is 12.1 Å². The Morgan fingerprint density at radius 2 is 1.76 bits per heavy atom. The number of rotatable bonds is 3. The van der Waals surface area contributed by atoms with Gasteiger partial charge in [0.25, 0.3) is 0 Å². The zero-order chi connectivity index (χ0) is 12.8. The van der Waals surface area contributed by atoms with Gasteiger partial charge < -0.3 is 10.6 Å². The van der Waals surface area contributed by atoms with Gasteiger partial charge in [-0.2, -0.15) is 0 Å². The largest absolute Gasteiger partial charge is 0.377 e. The highest BCUT2D eigenvalue weighted by molar-refractivity contribution is 5.59. The van der Waals surface area contributed by atoms with E-state index in [4.69, 9.17) is 5.73 Å². The topological polar surface area (TPSA) is 29.3 Å². The van der Waals surface area contributed by atoms with E-state index in [1.807, 2.05) is 21.0 Å². The highest BCUT2D eigenvalue weighted by atomic mass is 19.2. The van der Waals surface area contributed by atoms with Crippen molar-refractivity contribution in [2.24, 2.45) is 5.73 Å². The number of benzene rings is 1. The molecule has 0 radical (unpaired) electrons. The van der Waals surface area contributed by atoms with Crippen LogP contribution >= 0.6 is 0 Å². The molecular formula is C13H18F2N2. The predicted octanol–water partition coefficient (Wildman–Crippen LogP) is 2.41. The van der Waals surface area contributed by atoms with E-state index >= 15 is 0 Å². The van der Waals surface area contributed by atoms with Crippen LogP contribution in [0.5, 0.6) is 0 Å². The Morgan fingerprint density at radius 1 is 1.24 bits per heavy atom. The first-order valence-corrected chi connectivity index (χ1v) is 5.81. The minimum Gasteiger partial charge on any atom is -0.377 e. The Balaban J connectivity index is 2.56. The van der Waals surface area contributed by atoms with Gasteiger partial charge in [0.15, 0.2) is 11.6 Å². The molecule has 2 rings (SSSR count). The fourth-order valence-corrected chi connectivity index (χ4v) is 2.41. The molecule has 0 aliphatic heterocycles. The number of anilines is 1. The Labute approximate surface area is 100 Å². The van der Waals surface area contributed by atoms with Crippen molar-refractivity contribution in [1.29, 1.82) is 0 Å². The Bertz CT molecular complexity index is 437. The molecule has 1 aliphatic rings. The molecule has 94 valence electrons. The van der Waals surface area contributed by atoms with Crippen molar-refractivity contribution in [3.8, 4) is 0 Å². The molecule has 0 aromatic heterocycles. The molecule has 1 saturated carbocycles. The molecule has 0 spiro atoms. The lowest BCUT2D eigenvalue weighted by atomic mass is 9.87. The van der Waals surface area contributed by atoms with Crippen LogP contribution in [0.15, 0.2) is 12.1 Å². The van der Waals surface area contributed by atoms with E-state index in [0.717, 1.165) is 24.1 Å². The highest BCUT2D eigenvalue weighted by Gasteiger charge is 2.49. The lowest BCUT2D eigenvalue weighted by Gasteiger charge is -2.26. The van der Waals surface area contributed by atoms with Gasteiger partial charge in [0, 0.05) is 37.3 Å². The molecular weight excluding hydrogens is 222 g/mol. The quantitative estimate of drug-likeness (QED) is 0.879. The van der Waals surface area contributed by atoms with Crippen LogP contribution < -0.4 is 10.6 Å². The summed E-state index contributed by atoms with van der Waals surface area (Å²) in [5, 5.41) is 0. The van der Waals surface area contributed by atoms with Gasteiger partial charge in [-0.15, -0.1) is 0 Å². The predicted molar refractivity (Wildman–Crippen MR) is 65.2 cm³/mol. The summed E-state index contributed by atoms with van der Waals surface area (Å²) in [4.78, 5) is 1.81. The molecule has 0 amide bonds. The van der Waals surface area contributed by atoms with Gasteiger partial charge in [-0.25, -0.2) is 8.78 Å². The van der Waals surface area contributed by atoms with Crippen molar-refractivity contribution >= 4 is 5.69 Å². The van der Waals surface area contributed by atoms with E-state index in [9.17, 15) is 8.78 Å². The molecule has 0 saturated heterocycles. The first-order valence-electron chi connectivity index (χ1n) is 5.81. The molecule has 0 heterocycles. The van der Waals surface area contributed by atoms with Gasteiger partial charge in [0.2, 0.25) is 0 Å². The first kappa shape index (κ1) is 12.3. The second kappa shape index (κ2) is 3.95. The van der Waals surface area contributed by atoms with Crippen molar-refractivity contribution in [3.05, 3.63) is 29.3 Å². The van der Waals surface area contributed by atoms with Crippen molar-refractivity contribution < 1.29 is 8.78 Å². The van der Waals surface area contributed by atoms with E-state index < -0.39 is 11.6 Å². The van der Waals surface area contributed by atoms with Gasteiger partial charge in [-0.3, -0.25) is 0 Å². The molecule has 2 nitrogen and oxygen atoms in total. The van der Waals surface area contributed by atoms with Gasteiger partial charge in [-0.1, -0.05) is 0 Å². The van der Waals surface area contributed by atoms with Crippen molar-refractivity contribution in [1.82, 2.24) is 0 Å². The van der Waals surface area contributed by atoms with Gasteiger partial charge in [0.1, 0.15) is 0 Å². The number of nitrogens with two attached hydrogens (primary N) is 1. The normalized spacial score (nSPS) is 18.9. The molecule has 17 heavy (non-hydrogen) atoms. The second-order valence-electron chi connectivity index (χ2n) is 5.12. The zero-order valence-corrected chi connectivity index (χ0v) is 10.4. The summed E-state index contributed by atoms with van der Waals surface area (Å²) in [6.07, 6.45) is 1.88. The van der Waals surface area contributed by atoms with Crippen molar-refractivity contribution in [2.75, 3.05) is 19.0 Å². The van der Waals surface area contributed by atoms with Crippen LogP contribution in [0.3, 0.4) is 0 Å². The zero-order valence-electron chi connectivity index (χ0n) is 10.4. The minimum atomic E-state index is -0.807. The molecule has 1 aromatic rings. The Kier molecular flexibility index (Phi) is 2.86. The smallest absolute Gasteiger partial charge is 0.160 e. The van der Waals surface area contributed by atoms with Crippen molar-refractivity contribution in [3.63, 3.8) is 0 Å². The maximum Gasteiger partial charge on any atom is 0.160 e. The molecule has 2 N–H and O–H groups in total. The fraction of sp³-hybridized carbons (Fsp3) is 0.538. The first-order chi connectivity index (χ1) is 7.88.